The van der Waals surface area contributed by atoms with Crippen molar-refractivity contribution in [2.75, 3.05) is 36.7 Å². The molecule has 1 heterocycles. The van der Waals surface area contributed by atoms with Crippen LogP contribution in [0.5, 0.6) is 6.01 Å². The number of rotatable bonds is 8. The number of nitrogen functional groups attached to an aromatic ring is 1. The Hall–Kier alpha value is -1.72. The van der Waals surface area contributed by atoms with Gasteiger partial charge in [0, 0.05) is 6.54 Å². The molecular formula is C8H17N7O3S. The smallest absolute Gasteiger partial charge is 0.323 e. The molecule has 1 rings (SSSR count). The van der Waals surface area contributed by atoms with Gasteiger partial charge in [-0.1, -0.05) is 0 Å². The van der Waals surface area contributed by atoms with Crippen molar-refractivity contribution in [3.05, 3.63) is 0 Å². The van der Waals surface area contributed by atoms with E-state index in [2.05, 4.69) is 30.4 Å². The molecule has 0 bridgehead atoms. The average molecular weight is 291 g/mol. The van der Waals surface area contributed by atoms with Gasteiger partial charge < -0.3 is 10.1 Å². The summed E-state index contributed by atoms with van der Waals surface area (Å²) in [7, 11) is -1.93. The fraction of sp³-hybridized carbons (Fsp3) is 0.625. The summed E-state index contributed by atoms with van der Waals surface area (Å²) in [5, 5.41) is 2.75. The van der Waals surface area contributed by atoms with Gasteiger partial charge in [0.15, 0.2) is 0 Å². The van der Waals surface area contributed by atoms with Crippen molar-refractivity contribution in [3.8, 4) is 6.01 Å². The van der Waals surface area contributed by atoms with Crippen molar-refractivity contribution >= 4 is 21.9 Å². The van der Waals surface area contributed by atoms with Gasteiger partial charge in [0.1, 0.15) is 0 Å². The molecule has 5 N–H and O–H groups in total. The van der Waals surface area contributed by atoms with Gasteiger partial charge in [-0.2, -0.15) is 15.0 Å². The minimum Gasteiger partial charge on any atom is -0.464 e. The predicted octanol–water partition coefficient (Wildman–Crippen LogP) is -1.48. The molecule has 0 atom stereocenters. The van der Waals surface area contributed by atoms with Crippen LogP contribution in [0.4, 0.5) is 11.9 Å². The number of hydrazine groups is 1. The van der Waals surface area contributed by atoms with Crippen LogP contribution >= 0.6 is 0 Å². The first-order valence-corrected chi connectivity index (χ1v) is 7.16. The van der Waals surface area contributed by atoms with Crippen LogP contribution in [0.3, 0.4) is 0 Å². The lowest BCUT2D eigenvalue weighted by atomic mass is 10.7. The van der Waals surface area contributed by atoms with Crippen molar-refractivity contribution in [1.29, 1.82) is 0 Å². The molecule has 10 nitrogen and oxygen atoms in total. The van der Waals surface area contributed by atoms with Gasteiger partial charge in [-0.25, -0.2) is 19.0 Å². The fourth-order valence-electron chi connectivity index (χ4n) is 1.09. The second-order valence-corrected chi connectivity index (χ2v) is 5.34. The maximum absolute atomic E-state index is 11.2. The van der Waals surface area contributed by atoms with E-state index in [0.29, 0.717) is 6.61 Å². The van der Waals surface area contributed by atoms with Crippen molar-refractivity contribution in [2.24, 2.45) is 5.84 Å². The maximum Gasteiger partial charge on any atom is 0.323 e. The van der Waals surface area contributed by atoms with Crippen LogP contribution in [0.2, 0.25) is 0 Å². The first-order chi connectivity index (χ1) is 9.00. The molecule has 108 valence electrons. The van der Waals surface area contributed by atoms with Crippen molar-refractivity contribution in [3.63, 3.8) is 0 Å². The van der Waals surface area contributed by atoms with Crippen LogP contribution in [-0.4, -0.2) is 49.3 Å². The van der Waals surface area contributed by atoms with E-state index in [4.69, 9.17) is 10.6 Å². The minimum absolute atomic E-state index is 0.101. The first-order valence-electron chi connectivity index (χ1n) is 5.51. The Morgan fingerprint density at radius 2 is 1.95 bits per heavy atom. The van der Waals surface area contributed by atoms with E-state index in [-0.39, 0.29) is 30.2 Å². The Kier molecular flexibility index (Phi) is 5.66. The van der Waals surface area contributed by atoms with Gasteiger partial charge in [-0.3, -0.25) is 5.43 Å². The van der Waals surface area contributed by atoms with Crippen LogP contribution in [-0.2, 0) is 10.0 Å². The summed E-state index contributed by atoms with van der Waals surface area (Å²) in [4.78, 5) is 11.7. The molecular weight excluding hydrogens is 274 g/mol. The molecule has 0 radical (unpaired) electrons. The molecule has 0 amide bonds. The third-order valence-corrected chi connectivity index (χ3v) is 3.35. The molecule has 0 aromatic carbocycles. The Labute approximate surface area is 111 Å². The molecule has 1 aromatic heterocycles. The molecule has 1 aromatic rings. The number of hydrogen-bond donors (Lipinski definition) is 4. The molecule has 0 unspecified atom stereocenters. The van der Waals surface area contributed by atoms with E-state index < -0.39 is 10.0 Å². The molecule has 0 fully saturated rings. The average Bonchev–Trinajstić information content (AvgIpc) is 2.38. The molecule has 0 aliphatic rings. The van der Waals surface area contributed by atoms with Gasteiger partial charge in [0.05, 0.1) is 12.4 Å². The van der Waals surface area contributed by atoms with Crippen LogP contribution in [0.15, 0.2) is 0 Å². The van der Waals surface area contributed by atoms with Crippen LogP contribution in [0, 0.1) is 0 Å². The highest BCUT2D eigenvalue weighted by Gasteiger charge is 2.09. The van der Waals surface area contributed by atoms with Gasteiger partial charge in [0.2, 0.25) is 21.9 Å². The van der Waals surface area contributed by atoms with Crippen LogP contribution in [0.25, 0.3) is 0 Å². The number of hydrogen-bond acceptors (Lipinski definition) is 9. The molecule has 11 heteroatoms. The Morgan fingerprint density at radius 1 is 1.26 bits per heavy atom. The SMILES string of the molecule is CCOc1nc(NN)nc(NCCS(=O)(=O)NC)n1. The summed E-state index contributed by atoms with van der Waals surface area (Å²) in [6.07, 6.45) is 0. The number of ether oxygens (including phenoxy) is 1. The zero-order valence-electron chi connectivity index (χ0n) is 10.7. The predicted molar refractivity (Wildman–Crippen MR) is 70.1 cm³/mol. The molecule has 19 heavy (non-hydrogen) atoms. The lowest BCUT2D eigenvalue weighted by molar-refractivity contribution is 0.312. The zero-order chi connectivity index (χ0) is 14.3. The first kappa shape index (κ1) is 15.3. The monoisotopic (exact) mass is 291 g/mol. The maximum atomic E-state index is 11.2. The Bertz CT molecular complexity index is 507. The summed E-state index contributed by atoms with van der Waals surface area (Å²) in [6.45, 7) is 2.32. The fourth-order valence-corrected chi connectivity index (χ4v) is 1.67. The molecule has 0 spiro atoms. The van der Waals surface area contributed by atoms with E-state index in [9.17, 15) is 8.42 Å². The summed E-state index contributed by atoms with van der Waals surface area (Å²) < 4.78 is 29.8. The summed E-state index contributed by atoms with van der Waals surface area (Å²) in [6, 6.07) is 0.101. The topological polar surface area (TPSA) is 144 Å². The highest BCUT2D eigenvalue weighted by molar-refractivity contribution is 7.89. The summed E-state index contributed by atoms with van der Waals surface area (Å²) in [5.41, 5.74) is 2.27. The third kappa shape index (κ3) is 5.19. The normalized spacial score (nSPS) is 11.1. The van der Waals surface area contributed by atoms with Gasteiger partial charge in [-0.05, 0) is 14.0 Å². The number of nitrogens with two attached hydrogens (primary N) is 1. The number of sulfonamides is 1. The van der Waals surface area contributed by atoms with Gasteiger partial charge in [0.25, 0.3) is 0 Å². The van der Waals surface area contributed by atoms with E-state index >= 15 is 0 Å². The number of anilines is 2. The van der Waals surface area contributed by atoms with E-state index in [1.54, 1.807) is 6.92 Å². The van der Waals surface area contributed by atoms with Crippen LogP contribution in [0.1, 0.15) is 6.92 Å². The quantitative estimate of drug-likeness (QED) is 0.332. The highest BCUT2D eigenvalue weighted by atomic mass is 32.2. The standard InChI is InChI=1S/C8H17N7O3S/c1-3-18-8-13-6(12-7(14-8)15-9)11-4-5-19(16,17)10-2/h10H,3-5,9H2,1-2H3,(H2,11,12,13,14,15). The van der Waals surface area contributed by atoms with Gasteiger partial charge >= 0.3 is 6.01 Å². The molecule has 0 aliphatic carbocycles. The summed E-state index contributed by atoms with van der Waals surface area (Å²) >= 11 is 0. The van der Waals surface area contributed by atoms with Crippen LogP contribution < -0.4 is 26.0 Å². The number of aromatic nitrogens is 3. The second kappa shape index (κ2) is 7.01. The lowest BCUT2D eigenvalue weighted by Gasteiger charge is -2.08. The van der Waals surface area contributed by atoms with Crippen molar-refractivity contribution < 1.29 is 13.2 Å². The van der Waals surface area contributed by atoms with Gasteiger partial charge in [-0.15, -0.1) is 0 Å². The van der Waals surface area contributed by atoms with Crippen molar-refractivity contribution in [2.45, 2.75) is 6.92 Å². The third-order valence-electron chi connectivity index (χ3n) is 1.98. The highest BCUT2D eigenvalue weighted by Crippen LogP contribution is 2.09. The zero-order valence-corrected chi connectivity index (χ0v) is 11.5. The minimum atomic E-state index is -3.28. The lowest BCUT2D eigenvalue weighted by Crippen LogP contribution is -2.26. The second-order valence-electron chi connectivity index (χ2n) is 3.29. The Balaban J connectivity index is 2.69. The molecule has 0 aliphatic heterocycles. The number of nitrogens with zero attached hydrogens (tertiary/aromatic N) is 3. The van der Waals surface area contributed by atoms with Crippen molar-refractivity contribution in [1.82, 2.24) is 19.7 Å². The number of nitrogens with one attached hydrogen (secondary N) is 3. The van der Waals surface area contributed by atoms with E-state index in [0.717, 1.165) is 0 Å². The van der Waals surface area contributed by atoms with E-state index in [1.807, 2.05) is 0 Å². The Morgan fingerprint density at radius 3 is 2.53 bits per heavy atom. The molecule has 0 saturated heterocycles. The van der Waals surface area contributed by atoms with E-state index in [1.165, 1.54) is 7.05 Å². The largest absolute Gasteiger partial charge is 0.464 e. The molecule has 0 saturated carbocycles. The summed E-state index contributed by atoms with van der Waals surface area (Å²) in [5.74, 6) is 5.41.